The zero-order valence-corrected chi connectivity index (χ0v) is 17.0. The van der Waals surface area contributed by atoms with Crippen LogP contribution in [0.4, 0.5) is 5.69 Å². The number of carbonyl (C=O) groups is 3. The number of anilines is 1. The molecule has 0 bridgehead atoms. The number of amides is 3. The van der Waals surface area contributed by atoms with Crippen LogP contribution >= 0.6 is 0 Å². The van der Waals surface area contributed by atoms with E-state index in [0.29, 0.717) is 17.8 Å². The summed E-state index contributed by atoms with van der Waals surface area (Å²) in [5, 5.41) is 5.32. The minimum Gasteiger partial charge on any atom is -0.352 e. The number of nitrogens with one attached hydrogen (secondary N) is 2. The summed E-state index contributed by atoms with van der Waals surface area (Å²) in [6.07, 6.45) is 0. The van der Waals surface area contributed by atoms with E-state index in [1.165, 1.54) is 24.3 Å². The maximum atomic E-state index is 12.7. The molecule has 2 N–H and O–H groups in total. The van der Waals surface area contributed by atoms with Gasteiger partial charge < -0.3 is 10.6 Å². The first-order valence-electron chi connectivity index (χ1n) is 9.09. The zero-order chi connectivity index (χ0) is 21.3. The molecule has 0 aromatic heterocycles. The Morgan fingerprint density at radius 2 is 1.72 bits per heavy atom. The highest BCUT2D eigenvalue weighted by atomic mass is 32.2. The normalized spacial score (nSPS) is 14.6. The number of sulfonamides is 1. The van der Waals surface area contributed by atoms with Crippen molar-refractivity contribution in [3.63, 3.8) is 0 Å². The first-order chi connectivity index (χ1) is 13.7. The molecule has 1 aliphatic rings. The fourth-order valence-corrected chi connectivity index (χ4v) is 4.90. The van der Waals surface area contributed by atoms with Gasteiger partial charge in [0, 0.05) is 29.4 Å². The largest absolute Gasteiger partial charge is 0.352 e. The van der Waals surface area contributed by atoms with Crippen LogP contribution < -0.4 is 10.6 Å². The third-order valence-corrected chi connectivity index (χ3v) is 6.40. The Morgan fingerprint density at radius 1 is 1.03 bits per heavy atom. The van der Waals surface area contributed by atoms with Crippen molar-refractivity contribution in [2.24, 2.45) is 0 Å². The molecular formula is C20H21N3O5S. The summed E-state index contributed by atoms with van der Waals surface area (Å²) in [6.45, 7) is 5.50. The summed E-state index contributed by atoms with van der Waals surface area (Å²) in [6, 6.07) is 9.81. The van der Waals surface area contributed by atoms with Gasteiger partial charge >= 0.3 is 0 Å². The Labute approximate surface area is 169 Å². The molecular weight excluding hydrogens is 394 g/mol. The molecule has 0 saturated carbocycles. The van der Waals surface area contributed by atoms with Gasteiger partial charge in [-0.15, -0.1) is 0 Å². The highest BCUT2D eigenvalue weighted by molar-refractivity contribution is 7.90. The molecule has 29 heavy (non-hydrogen) atoms. The molecule has 9 heteroatoms. The van der Waals surface area contributed by atoms with Crippen LogP contribution in [0.3, 0.4) is 0 Å². The Hall–Kier alpha value is -3.20. The van der Waals surface area contributed by atoms with Crippen molar-refractivity contribution in [2.45, 2.75) is 31.7 Å². The first kappa shape index (κ1) is 20.5. The second-order valence-corrected chi connectivity index (χ2v) is 8.59. The second kappa shape index (κ2) is 7.67. The number of rotatable bonds is 5. The molecule has 8 nitrogen and oxygen atoms in total. The van der Waals surface area contributed by atoms with Crippen molar-refractivity contribution < 1.29 is 22.8 Å². The smallest absolute Gasteiger partial charge is 0.269 e. The van der Waals surface area contributed by atoms with Crippen LogP contribution in [-0.2, 0) is 10.0 Å². The lowest BCUT2D eigenvalue weighted by atomic mass is 10.1. The van der Waals surface area contributed by atoms with Crippen LogP contribution in [0.5, 0.6) is 0 Å². The van der Waals surface area contributed by atoms with Crippen LogP contribution in [-0.4, -0.2) is 43.0 Å². The van der Waals surface area contributed by atoms with E-state index in [-0.39, 0.29) is 21.9 Å². The number of hydrogen-bond donors (Lipinski definition) is 2. The molecule has 3 rings (SSSR count). The molecule has 0 atom stereocenters. The lowest BCUT2D eigenvalue weighted by Crippen LogP contribution is -2.36. The van der Waals surface area contributed by atoms with Gasteiger partial charge in [-0.1, -0.05) is 6.07 Å². The molecule has 152 valence electrons. The SMILES string of the molecule is CCNC(=O)c1cccc(NC(=O)c2ccc3c(c2)S(=O)(=O)N(C(C)C)C3=O)c1. The lowest BCUT2D eigenvalue weighted by Gasteiger charge is -2.18. The van der Waals surface area contributed by atoms with Crippen molar-refractivity contribution in [1.29, 1.82) is 0 Å². The summed E-state index contributed by atoms with van der Waals surface area (Å²) >= 11 is 0. The minimum atomic E-state index is -4.00. The number of fused-ring (bicyclic) bond motifs is 1. The number of benzene rings is 2. The molecule has 0 unspecified atom stereocenters. The van der Waals surface area contributed by atoms with E-state index in [1.54, 1.807) is 39.0 Å². The van der Waals surface area contributed by atoms with Gasteiger partial charge in [0.25, 0.3) is 27.7 Å². The Balaban J connectivity index is 1.88. The summed E-state index contributed by atoms with van der Waals surface area (Å²) < 4.78 is 26.2. The maximum Gasteiger partial charge on any atom is 0.269 e. The van der Waals surface area contributed by atoms with Crippen molar-refractivity contribution in [3.05, 3.63) is 59.2 Å². The van der Waals surface area contributed by atoms with Gasteiger partial charge in [-0.2, -0.15) is 0 Å². The van der Waals surface area contributed by atoms with E-state index >= 15 is 0 Å². The molecule has 0 aliphatic carbocycles. The van der Waals surface area contributed by atoms with Gasteiger partial charge in [-0.3, -0.25) is 14.4 Å². The van der Waals surface area contributed by atoms with Gasteiger partial charge in [0.05, 0.1) is 5.56 Å². The standard InChI is InChI=1S/C20H21N3O5S/c1-4-21-18(24)13-6-5-7-15(10-13)22-19(25)14-8-9-16-17(11-14)29(27,28)23(12(2)3)20(16)26/h5-12H,4H2,1-3H3,(H,21,24)(H,22,25). The highest BCUT2D eigenvalue weighted by Crippen LogP contribution is 2.32. The number of carbonyl (C=O) groups excluding carboxylic acids is 3. The molecule has 0 radical (unpaired) electrons. The van der Waals surface area contributed by atoms with E-state index in [1.807, 2.05) is 0 Å². The predicted molar refractivity (Wildman–Crippen MR) is 107 cm³/mol. The average molecular weight is 415 g/mol. The first-order valence-corrected chi connectivity index (χ1v) is 10.5. The summed E-state index contributed by atoms with van der Waals surface area (Å²) in [5.74, 6) is -1.41. The van der Waals surface area contributed by atoms with Crippen LogP contribution in [0.15, 0.2) is 47.4 Å². The fraction of sp³-hybridized carbons (Fsp3) is 0.250. The van der Waals surface area contributed by atoms with Crippen molar-refractivity contribution >= 4 is 33.4 Å². The third-order valence-electron chi connectivity index (χ3n) is 4.40. The Morgan fingerprint density at radius 3 is 2.38 bits per heavy atom. The zero-order valence-electron chi connectivity index (χ0n) is 16.2. The van der Waals surface area contributed by atoms with Crippen molar-refractivity contribution in [3.8, 4) is 0 Å². The van der Waals surface area contributed by atoms with Gasteiger partial charge in [0.2, 0.25) is 0 Å². The van der Waals surface area contributed by atoms with E-state index in [9.17, 15) is 22.8 Å². The van der Waals surface area contributed by atoms with E-state index < -0.39 is 27.9 Å². The average Bonchev–Trinajstić information content (AvgIpc) is 2.87. The monoisotopic (exact) mass is 415 g/mol. The van der Waals surface area contributed by atoms with Gasteiger partial charge in [-0.25, -0.2) is 12.7 Å². The third kappa shape index (κ3) is 3.73. The van der Waals surface area contributed by atoms with Crippen LogP contribution in [0.1, 0.15) is 51.8 Å². The molecule has 0 saturated heterocycles. The van der Waals surface area contributed by atoms with Gasteiger partial charge in [-0.05, 0) is 57.2 Å². The quantitative estimate of drug-likeness (QED) is 0.778. The lowest BCUT2D eigenvalue weighted by molar-refractivity contribution is 0.0845. The number of hydrogen-bond acceptors (Lipinski definition) is 5. The van der Waals surface area contributed by atoms with E-state index in [0.717, 1.165) is 4.31 Å². The molecule has 3 amide bonds. The van der Waals surface area contributed by atoms with Crippen LogP contribution in [0.2, 0.25) is 0 Å². The highest BCUT2D eigenvalue weighted by Gasteiger charge is 2.42. The van der Waals surface area contributed by atoms with Crippen LogP contribution in [0.25, 0.3) is 0 Å². The maximum absolute atomic E-state index is 12.7. The molecule has 2 aromatic rings. The van der Waals surface area contributed by atoms with Crippen molar-refractivity contribution in [2.75, 3.05) is 11.9 Å². The predicted octanol–water partition coefficient (Wildman–Crippen LogP) is 2.24. The fourth-order valence-electron chi connectivity index (χ4n) is 3.10. The van der Waals surface area contributed by atoms with Crippen molar-refractivity contribution in [1.82, 2.24) is 9.62 Å². The molecule has 1 aliphatic heterocycles. The summed E-state index contributed by atoms with van der Waals surface area (Å²) in [7, 11) is -4.00. The number of nitrogens with zero attached hydrogens (tertiary/aromatic N) is 1. The topological polar surface area (TPSA) is 113 Å². The molecule has 0 spiro atoms. The van der Waals surface area contributed by atoms with Crippen LogP contribution in [0, 0.1) is 0 Å². The Kier molecular flexibility index (Phi) is 5.43. The molecule has 1 heterocycles. The summed E-state index contributed by atoms with van der Waals surface area (Å²) in [4.78, 5) is 36.8. The Bertz CT molecular complexity index is 1110. The second-order valence-electron chi connectivity index (χ2n) is 6.81. The van der Waals surface area contributed by atoms with E-state index in [2.05, 4.69) is 10.6 Å². The van der Waals surface area contributed by atoms with E-state index in [4.69, 9.17) is 0 Å². The van der Waals surface area contributed by atoms with Gasteiger partial charge in [0.1, 0.15) is 4.90 Å². The van der Waals surface area contributed by atoms with Gasteiger partial charge in [0.15, 0.2) is 0 Å². The molecule has 0 fully saturated rings. The minimum absolute atomic E-state index is 0.0495. The summed E-state index contributed by atoms with van der Waals surface area (Å²) in [5.41, 5.74) is 0.920. The molecule has 2 aromatic carbocycles.